The van der Waals surface area contributed by atoms with Crippen LogP contribution in [0.4, 0.5) is 16.2 Å². The molecule has 6 nitrogen and oxygen atoms in total. The maximum atomic E-state index is 12.5. The van der Waals surface area contributed by atoms with E-state index in [0.717, 1.165) is 6.42 Å². The van der Waals surface area contributed by atoms with Crippen LogP contribution >= 0.6 is 0 Å². The highest BCUT2D eigenvalue weighted by Gasteiger charge is 2.26. The molecule has 0 heterocycles. The highest BCUT2D eigenvalue weighted by atomic mass is 16.2. The van der Waals surface area contributed by atoms with Crippen LogP contribution in [0.1, 0.15) is 37.6 Å². The van der Waals surface area contributed by atoms with Crippen LogP contribution < -0.4 is 21.7 Å². The molecule has 2 aromatic rings. The Bertz CT molecular complexity index is 760. The number of hydrogen-bond donors (Lipinski definition) is 4. The third-order valence-electron chi connectivity index (χ3n) is 4.16. The van der Waals surface area contributed by atoms with Crippen molar-refractivity contribution in [2.45, 2.75) is 32.7 Å². The van der Waals surface area contributed by atoms with Crippen LogP contribution in [-0.2, 0) is 0 Å². The lowest BCUT2D eigenvalue weighted by Crippen LogP contribution is -2.52. The van der Waals surface area contributed by atoms with Crippen molar-refractivity contribution in [2.75, 3.05) is 17.2 Å². The van der Waals surface area contributed by atoms with Crippen LogP contribution in [0.15, 0.2) is 54.6 Å². The van der Waals surface area contributed by atoms with Crippen molar-refractivity contribution in [1.29, 1.82) is 0 Å². The van der Waals surface area contributed by atoms with Gasteiger partial charge in [0.15, 0.2) is 0 Å². The van der Waals surface area contributed by atoms with Gasteiger partial charge >= 0.3 is 6.03 Å². The van der Waals surface area contributed by atoms with Crippen LogP contribution in [0.25, 0.3) is 0 Å². The van der Waals surface area contributed by atoms with E-state index in [-0.39, 0.29) is 11.9 Å². The molecule has 0 fully saturated rings. The molecule has 0 aliphatic heterocycles. The largest absolute Gasteiger partial charge is 0.346 e. The average molecular weight is 368 g/mol. The second-order valence-corrected chi connectivity index (χ2v) is 7.34. The van der Waals surface area contributed by atoms with E-state index in [1.807, 2.05) is 25.1 Å². The van der Waals surface area contributed by atoms with E-state index in [1.165, 1.54) is 0 Å². The van der Waals surface area contributed by atoms with Gasteiger partial charge in [0, 0.05) is 29.0 Å². The van der Waals surface area contributed by atoms with E-state index in [0.29, 0.717) is 29.4 Å². The fraction of sp³-hybridized carbons (Fsp3) is 0.333. The third-order valence-corrected chi connectivity index (χ3v) is 4.16. The lowest BCUT2D eigenvalue weighted by molar-refractivity contribution is 0.0898. The van der Waals surface area contributed by atoms with E-state index >= 15 is 0 Å². The molecule has 5 N–H and O–H groups in total. The number of nitrogens with two attached hydrogens (primary N) is 1. The maximum absolute atomic E-state index is 12.5. The number of benzene rings is 2. The molecular formula is C21H28N4O2. The number of carbonyl (C=O) groups excluding carboxylic acids is 2. The van der Waals surface area contributed by atoms with E-state index in [2.05, 4.69) is 29.8 Å². The predicted molar refractivity (Wildman–Crippen MR) is 110 cm³/mol. The zero-order valence-corrected chi connectivity index (χ0v) is 16.1. The average Bonchev–Trinajstić information content (AvgIpc) is 2.62. The molecule has 27 heavy (non-hydrogen) atoms. The fourth-order valence-electron chi connectivity index (χ4n) is 2.95. The van der Waals surface area contributed by atoms with E-state index in [4.69, 9.17) is 5.73 Å². The molecule has 6 heteroatoms. The van der Waals surface area contributed by atoms with Crippen molar-refractivity contribution in [1.82, 2.24) is 5.32 Å². The highest BCUT2D eigenvalue weighted by molar-refractivity contribution is 6.00. The van der Waals surface area contributed by atoms with Crippen molar-refractivity contribution in [3.8, 4) is 0 Å². The van der Waals surface area contributed by atoms with Crippen LogP contribution in [0.2, 0.25) is 0 Å². The Kier molecular flexibility index (Phi) is 6.96. The van der Waals surface area contributed by atoms with Crippen LogP contribution in [0.5, 0.6) is 0 Å². The topological polar surface area (TPSA) is 96.2 Å². The van der Waals surface area contributed by atoms with E-state index in [1.54, 1.807) is 36.4 Å². The fourth-order valence-corrected chi connectivity index (χ4v) is 2.95. The number of carbonyl (C=O) groups is 2. The first-order valence-electron chi connectivity index (χ1n) is 9.07. The van der Waals surface area contributed by atoms with Crippen molar-refractivity contribution < 1.29 is 9.59 Å². The summed E-state index contributed by atoms with van der Waals surface area (Å²) in [4.78, 5) is 24.5. The summed E-state index contributed by atoms with van der Waals surface area (Å²) >= 11 is 0. The first-order chi connectivity index (χ1) is 12.8. The molecule has 0 radical (unpaired) electrons. The highest BCUT2D eigenvalue weighted by Crippen LogP contribution is 2.17. The van der Waals surface area contributed by atoms with Gasteiger partial charge in [0.1, 0.15) is 0 Å². The number of hydrogen-bond acceptors (Lipinski definition) is 3. The summed E-state index contributed by atoms with van der Waals surface area (Å²) in [7, 11) is 0. The molecule has 0 saturated carbocycles. The molecule has 0 saturated heterocycles. The Labute approximate surface area is 160 Å². The van der Waals surface area contributed by atoms with Crippen LogP contribution in [0, 0.1) is 5.92 Å². The quantitative estimate of drug-likeness (QED) is 0.598. The maximum Gasteiger partial charge on any atom is 0.323 e. The third kappa shape index (κ3) is 6.42. The van der Waals surface area contributed by atoms with Gasteiger partial charge in [-0.25, -0.2) is 4.79 Å². The van der Waals surface area contributed by atoms with E-state index in [9.17, 15) is 9.59 Å². The summed E-state index contributed by atoms with van der Waals surface area (Å²) in [5.74, 6) is 0.248. The van der Waals surface area contributed by atoms with Gasteiger partial charge in [0.2, 0.25) is 0 Å². The number of rotatable bonds is 7. The molecule has 0 aliphatic carbocycles. The smallest absolute Gasteiger partial charge is 0.323 e. The molecule has 0 aromatic heterocycles. The molecule has 1 atom stereocenters. The minimum absolute atomic E-state index is 0.177. The van der Waals surface area contributed by atoms with Crippen LogP contribution in [-0.4, -0.2) is 24.0 Å². The van der Waals surface area contributed by atoms with Gasteiger partial charge in [0.05, 0.1) is 0 Å². The predicted octanol–water partition coefficient (Wildman–Crippen LogP) is 3.82. The molecule has 0 aliphatic rings. The first kappa shape index (κ1) is 20.5. The Balaban J connectivity index is 1.95. The van der Waals surface area contributed by atoms with Gasteiger partial charge in [-0.15, -0.1) is 0 Å². The van der Waals surface area contributed by atoms with Gasteiger partial charge in [-0.05, 0) is 55.7 Å². The summed E-state index contributed by atoms with van der Waals surface area (Å²) in [6, 6.07) is 15.6. The van der Waals surface area contributed by atoms with Gasteiger partial charge in [-0.1, -0.05) is 32.0 Å². The van der Waals surface area contributed by atoms with Gasteiger partial charge in [-0.3, -0.25) is 4.79 Å². The zero-order chi connectivity index (χ0) is 19.9. The molecule has 2 rings (SSSR count). The summed E-state index contributed by atoms with van der Waals surface area (Å²) in [5, 5.41) is 8.50. The Hall–Kier alpha value is -2.86. The lowest BCUT2D eigenvalue weighted by Gasteiger charge is -2.31. The number of amides is 3. The minimum Gasteiger partial charge on any atom is -0.346 e. The Morgan fingerprint density at radius 1 is 0.963 bits per heavy atom. The van der Waals surface area contributed by atoms with Gasteiger partial charge in [-0.2, -0.15) is 0 Å². The van der Waals surface area contributed by atoms with E-state index < -0.39 is 5.54 Å². The van der Waals surface area contributed by atoms with Crippen molar-refractivity contribution >= 4 is 23.3 Å². The number of para-hydroxylation sites is 1. The van der Waals surface area contributed by atoms with Crippen molar-refractivity contribution in [3.63, 3.8) is 0 Å². The molecule has 0 bridgehead atoms. The molecule has 144 valence electrons. The summed E-state index contributed by atoms with van der Waals surface area (Å²) in [5.41, 5.74) is 7.24. The van der Waals surface area contributed by atoms with Crippen molar-refractivity contribution in [2.24, 2.45) is 11.7 Å². The molecule has 1 unspecified atom stereocenters. The minimum atomic E-state index is -0.447. The van der Waals surface area contributed by atoms with Gasteiger partial charge in [0.25, 0.3) is 5.91 Å². The van der Waals surface area contributed by atoms with Gasteiger partial charge < -0.3 is 21.7 Å². The standard InChI is InChI=1S/C21H28N4O2/c1-15(2)13-21(3,14-22)25-19(26)16-9-11-18(12-10-16)24-20(27)23-17-7-5-4-6-8-17/h4-12,15H,13-14,22H2,1-3H3,(H,25,26)(H2,23,24,27). The number of nitrogens with one attached hydrogen (secondary N) is 3. The molecule has 3 amide bonds. The number of urea groups is 1. The SMILES string of the molecule is CC(C)CC(C)(CN)NC(=O)c1ccc(NC(=O)Nc2ccccc2)cc1. The van der Waals surface area contributed by atoms with Crippen molar-refractivity contribution in [3.05, 3.63) is 60.2 Å². The normalized spacial score (nSPS) is 12.9. The second kappa shape index (κ2) is 9.19. The molecular weight excluding hydrogens is 340 g/mol. The first-order valence-corrected chi connectivity index (χ1v) is 9.07. The Morgan fingerprint density at radius 3 is 2.04 bits per heavy atom. The Morgan fingerprint density at radius 2 is 1.52 bits per heavy atom. The number of anilines is 2. The molecule has 2 aromatic carbocycles. The monoisotopic (exact) mass is 368 g/mol. The summed E-state index contributed by atoms with van der Waals surface area (Å²) in [6.45, 7) is 6.52. The van der Waals surface area contributed by atoms with Crippen LogP contribution in [0.3, 0.4) is 0 Å². The summed E-state index contributed by atoms with van der Waals surface area (Å²) in [6.07, 6.45) is 0.800. The lowest BCUT2D eigenvalue weighted by atomic mass is 9.90. The molecule has 0 spiro atoms. The summed E-state index contributed by atoms with van der Waals surface area (Å²) < 4.78 is 0. The zero-order valence-electron chi connectivity index (χ0n) is 16.1. The second-order valence-electron chi connectivity index (χ2n) is 7.34.